The first-order chi connectivity index (χ1) is 12.0. The zero-order valence-electron chi connectivity index (χ0n) is 13.7. The minimum atomic E-state index is -0.867. The number of nitrogens with one attached hydrogen (secondary N) is 2. The number of anilines is 2. The molecule has 8 heteroatoms. The molecule has 2 fully saturated rings. The van der Waals surface area contributed by atoms with Gasteiger partial charge in [0.15, 0.2) is 0 Å². The number of likely N-dealkylation sites (tertiary alicyclic amines) is 1. The van der Waals surface area contributed by atoms with Crippen molar-refractivity contribution in [3.05, 3.63) is 23.8 Å². The molecule has 2 atom stereocenters. The van der Waals surface area contributed by atoms with Crippen molar-refractivity contribution in [3.63, 3.8) is 0 Å². The lowest BCUT2D eigenvalue weighted by Crippen LogP contribution is -2.56. The molecule has 0 aliphatic carbocycles. The maximum absolute atomic E-state index is 12.4. The lowest BCUT2D eigenvalue weighted by molar-refractivity contribution is -0.118. The molecule has 0 spiro atoms. The van der Waals surface area contributed by atoms with Crippen molar-refractivity contribution in [2.45, 2.75) is 31.3 Å². The minimum Gasteiger partial charge on any atom is -0.465 e. The van der Waals surface area contributed by atoms with E-state index in [9.17, 15) is 19.5 Å². The Hall–Kier alpha value is -2.61. The summed E-state index contributed by atoms with van der Waals surface area (Å²) in [6, 6.07) is 5.37. The van der Waals surface area contributed by atoms with Crippen LogP contribution in [-0.2, 0) is 16.0 Å². The van der Waals surface area contributed by atoms with E-state index in [1.807, 2.05) is 11.0 Å². The molecule has 3 aliphatic rings. The molecule has 0 radical (unpaired) electrons. The van der Waals surface area contributed by atoms with Gasteiger partial charge in [0.2, 0.25) is 11.8 Å². The molecular formula is C17H20N4O4. The maximum atomic E-state index is 12.4. The Labute approximate surface area is 144 Å². The van der Waals surface area contributed by atoms with Crippen LogP contribution in [0.2, 0.25) is 0 Å². The largest absolute Gasteiger partial charge is 0.465 e. The molecule has 2 unspecified atom stereocenters. The zero-order valence-corrected chi connectivity index (χ0v) is 13.7. The molecule has 8 nitrogen and oxygen atoms in total. The summed E-state index contributed by atoms with van der Waals surface area (Å²) in [6.45, 7) is 1.40. The van der Waals surface area contributed by atoms with Crippen molar-refractivity contribution in [1.82, 2.24) is 9.80 Å². The highest BCUT2D eigenvalue weighted by molar-refractivity contribution is 6.03. The van der Waals surface area contributed by atoms with Crippen molar-refractivity contribution in [2.75, 3.05) is 30.3 Å². The van der Waals surface area contributed by atoms with Crippen LogP contribution < -0.4 is 10.6 Å². The smallest absolute Gasteiger partial charge is 0.407 e. The fourth-order valence-corrected chi connectivity index (χ4v) is 4.19. The van der Waals surface area contributed by atoms with Gasteiger partial charge in [0.05, 0.1) is 13.0 Å². The second kappa shape index (κ2) is 6.03. The van der Waals surface area contributed by atoms with Crippen LogP contribution >= 0.6 is 0 Å². The van der Waals surface area contributed by atoms with Crippen LogP contribution in [0.1, 0.15) is 18.4 Å². The van der Waals surface area contributed by atoms with Crippen molar-refractivity contribution in [2.24, 2.45) is 0 Å². The van der Waals surface area contributed by atoms with Crippen molar-refractivity contribution in [1.29, 1.82) is 0 Å². The van der Waals surface area contributed by atoms with E-state index in [1.165, 1.54) is 4.90 Å². The van der Waals surface area contributed by atoms with Crippen molar-refractivity contribution >= 4 is 29.3 Å². The molecule has 0 aromatic heterocycles. The predicted molar refractivity (Wildman–Crippen MR) is 90.5 cm³/mol. The van der Waals surface area contributed by atoms with Gasteiger partial charge in [0, 0.05) is 42.1 Å². The standard InChI is InChI=1S/C17H20N4O4/c22-15-6-12-13(18-15)2-1-3-14(12)19-16(23)9-20-7-10-4-5-11(8-20)21(10)17(24)25/h1-3,10-11H,4-9H2,(H,18,22)(H,19,23)(H,24,25). The van der Waals surface area contributed by atoms with Gasteiger partial charge in [-0.05, 0) is 25.0 Å². The van der Waals surface area contributed by atoms with Crippen LogP contribution in [0.25, 0.3) is 0 Å². The first-order valence-electron chi connectivity index (χ1n) is 8.46. The molecule has 25 heavy (non-hydrogen) atoms. The summed E-state index contributed by atoms with van der Waals surface area (Å²) in [5.41, 5.74) is 2.22. The van der Waals surface area contributed by atoms with Crippen molar-refractivity contribution in [3.8, 4) is 0 Å². The van der Waals surface area contributed by atoms with Crippen LogP contribution in [0.4, 0.5) is 16.2 Å². The van der Waals surface area contributed by atoms with Gasteiger partial charge < -0.3 is 15.7 Å². The summed E-state index contributed by atoms with van der Waals surface area (Å²) >= 11 is 0. The van der Waals surface area contributed by atoms with E-state index in [0.717, 1.165) is 24.1 Å². The van der Waals surface area contributed by atoms with Gasteiger partial charge in [-0.3, -0.25) is 19.4 Å². The number of hydrogen-bond donors (Lipinski definition) is 3. The topological polar surface area (TPSA) is 102 Å². The van der Waals surface area contributed by atoms with E-state index in [0.29, 0.717) is 18.8 Å². The van der Waals surface area contributed by atoms with Gasteiger partial charge in [-0.2, -0.15) is 0 Å². The molecule has 3 N–H and O–H groups in total. The quantitative estimate of drug-likeness (QED) is 0.758. The monoisotopic (exact) mass is 344 g/mol. The molecule has 1 aromatic carbocycles. The number of benzene rings is 1. The Morgan fingerprint density at radius 1 is 1.24 bits per heavy atom. The first-order valence-corrected chi connectivity index (χ1v) is 8.46. The van der Waals surface area contributed by atoms with E-state index in [2.05, 4.69) is 10.6 Å². The molecule has 132 valence electrons. The van der Waals surface area contributed by atoms with E-state index in [4.69, 9.17) is 0 Å². The molecule has 1 aromatic rings. The normalized spacial score (nSPS) is 24.8. The third-order valence-electron chi connectivity index (χ3n) is 5.21. The van der Waals surface area contributed by atoms with Gasteiger partial charge >= 0.3 is 6.09 Å². The maximum Gasteiger partial charge on any atom is 0.407 e. The highest BCUT2D eigenvalue weighted by Crippen LogP contribution is 2.31. The van der Waals surface area contributed by atoms with Crippen LogP contribution in [0.15, 0.2) is 18.2 Å². The molecule has 4 rings (SSSR count). The number of fused-ring (bicyclic) bond motifs is 3. The van der Waals surface area contributed by atoms with Gasteiger partial charge in [0.1, 0.15) is 0 Å². The number of rotatable bonds is 3. The van der Waals surface area contributed by atoms with Crippen molar-refractivity contribution < 1.29 is 19.5 Å². The second-order valence-electron chi connectivity index (χ2n) is 6.87. The molecule has 2 bridgehead atoms. The summed E-state index contributed by atoms with van der Waals surface area (Å²) in [5, 5.41) is 14.9. The van der Waals surface area contributed by atoms with E-state index < -0.39 is 6.09 Å². The summed E-state index contributed by atoms with van der Waals surface area (Å²) in [4.78, 5) is 38.8. The molecule has 2 saturated heterocycles. The van der Waals surface area contributed by atoms with Gasteiger partial charge in [-0.15, -0.1) is 0 Å². The fourth-order valence-electron chi connectivity index (χ4n) is 4.19. The highest BCUT2D eigenvalue weighted by atomic mass is 16.4. The first kappa shape index (κ1) is 15.9. The Morgan fingerprint density at radius 3 is 2.64 bits per heavy atom. The lowest BCUT2D eigenvalue weighted by atomic mass is 10.1. The highest BCUT2D eigenvalue weighted by Gasteiger charge is 2.42. The van der Waals surface area contributed by atoms with Crippen LogP contribution in [-0.4, -0.2) is 64.5 Å². The Kier molecular flexibility index (Phi) is 3.84. The average Bonchev–Trinajstić information content (AvgIpc) is 3.05. The summed E-state index contributed by atoms with van der Waals surface area (Å²) in [6.07, 6.45) is 1.12. The number of carbonyl (C=O) groups is 3. The van der Waals surface area contributed by atoms with E-state index in [1.54, 1.807) is 12.1 Å². The summed E-state index contributed by atoms with van der Waals surface area (Å²) in [7, 11) is 0. The minimum absolute atomic E-state index is 0.0214. The van der Waals surface area contributed by atoms with Gasteiger partial charge in [0.25, 0.3) is 0 Å². The molecular weight excluding hydrogens is 324 g/mol. The number of carbonyl (C=O) groups excluding carboxylic acids is 2. The van der Waals surface area contributed by atoms with E-state index >= 15 is 0 Å². The van der Waals surface area contributed by atoms with Gasteiger partial charge in [-0.1, -0.05) is 6.07 Å². The molecule has 3 aliphatic heterocycles. The SMILES string of the molecule is O=C1Cc2c(cccc2NC(=O)CN2CC3CCC(C2)N3C(=O)O)N1. The number of hydrogen-bond acceptors (Lipinski definition) is 4. The van der Waals surface area contributed by atoms with Crippen LogP contribution in [0.5, 0.6) is 0 Å². The number of amides is 3. The molecule has 3 amide bonds. The summed E-state index contributed by atoms with van der Waals surface area (Å²) < 4.78 is 0. The number of piperazine rings is 1. The zero-order chi connectivity index (χ0) is 17.6. The molecule has 0 saturated carbocycles. The third-order valence-corrected chi connectivity index (χ3v) is 5.21. The second-order valence-corrected chi connectivity index (χ2v) is 6.87. The Bertz CT molecular complexity index is 736. The fraction of sp³-hybridized carbons (Fsp3) is 0.471. The van der Waals surface area contributed by atoms with E-state index in [-0.39, 0.29) is 36.9 Å². The van der Waals surface area contributed by atoms with Crippen LogP contribution in [0, 0.1) is 0 Å². The summed E-state index contributed by atoms with van der Waals surface area (Å²) in [5.74, 6) is -0.214. The predicted octanol–water partition coefficient (Wildman–Crippen LogP) is 0.946. The Morgan fingerprint density at radius 2 is 1.96 bits per heavy atom. The average molecular weight is 344 g/mol. The van der Waals surface area contributed by atoms with Gasteiger partial charge in [-0.25, -0.2) is 4.79 Å². The number of nitrogens with zero attached hydrogens (tertiary/aromatic N) is 2. The lowest BCUT2D eigenvalue weighted by Gasteiger charge is -2.39. The molecule has 3 heterocycles. The third kappa shape index (κ3) is 2.93. The van der Waals surface area contributed by atoms with Crippen LogP contribution in [0.3, 0.4) is 0 Å². The Balaban J connectivity index is 1.39. The number of carboxylic acid groups (broad SMARTS) is 1.